The van der Waals surface area contributed by atoms with Gasteiger partial charge in [-0.2, -0.15) is 0 Å². The molecule has 1 aliphatic heterocycles. The van der Waals surface area contributed by atoms with Gasteiger partial charge in [-0.1, -0.05) is 24.3 Å². The number of anilines is 1. The third-order valence-electron chi connectivity index (χ3n) is 4.99. The summed E-state index contributed by atoms with van der Waals surface area (Å²) < 4.78 is 28.0. The lowest BCUT2D eigenvalue weighted by atomic mass is 9.93. The highest BCUT2D eigenvalue weighted by Crippen LogP contribution is 2.26. The second-order valence-corrected chi connectivity index (χ2v) is 8.52. The van der Waals surface area contributed by atoms with Gasteiger partial charge in [0, 0.05) is 18.7 Å². The van der Waals surface area contributed by atoms with Crippen molar-refractivity contribution in [1.29, 1.82) is 0 Å². The Morgan fingerprint density at radius 2 is 1.70 bits per heavy atom. The number of hydrogen-bond donors (Lipinski definition) is 2. The molecule has 154 valence electrons. The van der Waals surface area contributed by atoms with Crippen molar-refractivity contribution in [1.82, 2.24) is 4.90 Å². The Hall–Kier alpha value is -3.43. The van der Waals surface area contributed by atoms with Crippen molar-refractivity contribution < 1.29 is 22.4 Å². The molecule has 0 spiro atoms. The molecule has 2 heterocycles. The molecule has 0 saturated heterocycles. The maximum Gasteiger partial charge on any atom is 0.290 e. The SMILES string of the molecule is NS(=O)(=O)c1ccc(NC(=O)[C@H]2Cc3ccccc3CN2C(=O)c2ccco2)cc1. The summed E-state index contributed by atoms with van der Waals surface area (Å²) in [5, 5.41) is 7.85. The highest BCUT2D eigenvalue weighted by molar-refractivity contribution is 7.89. The van der Waals surface area contributed by atoms with Crippen LogP contribution in [-0.2, 0) is 27.8 Å². The molecule has 1 atom stereocenters. The summed E-state index contributed by atoms with van der Waals surface area (Å²) in [6, 6.07) is 15.6. The van der Waals surface area contributed by atoms with Gasteiger partial charge in [0.2, 0.25) is 15.9 Å². The van der Waals surface area contributed by atoms with Crippen LogP contribution in [-0.4, -0.2) is 31.2 Å². The van der Waals surface area contributed by atoms with E-state index in [2.05, 4.69) is 5.32 Å². The number of fused-ring (bicyclic) bond motifs is 1. The van der Waals surface area contributed by atoms with Crippen LogP contribution in [0.2, 0.25) is 0 Å². The molecule has 0 fully saturated rings. The predicted molar refractivity (Wildman–Crippen MR) is 109 cm³/mol. The van der Waals surface area contributed by atoms with Crippen LogP contribution in [0.15, 0.2) is 76.2 Å². The van der Waals surface area contributed by atoms with E-state index in [1.807, 2.05) is 24.3 Å². The van der Waals surface area contributed by atoms with Crippen LogP contribution in [0.4, 0.5) is 5.69 Å². The van der Waals surface area contributed by atoms with Gasteiger partial charge in [-0.3, -0.25) is 9.59 Å². The third-order valence-corrected chi connectivity index (χ3v) is 5.92. The Morgan fingerprint density at radius 3 is 2.33 bits per heavy atom. The number of primary sulfonamides is 1. The quantitative estimate of drug-likeness (QED) is 0.663. The van der Waals surface area contributed by atoms with Gasteiger partial charge in [-0.15, -0.1) is 0 Å². The van der Waals surface area contributed by atoms with E-state index in [0.29, 0.717) is 12.1 Å². The first kappa shape index (κ1) is 19.9. The maximum absolute atomic E-state index is 13.1. The average Bonchev–Trinajstić information content (AvgIpc) is 3.27. The van der Waals surface area contributed by atoms with Crippen LogP contribution < -0.4 is 10.5 Å². The summed E-state index contributed by atoms with van der Waals surface area (Å²) in [5.41, 5.74) is 2.36. The van der Waals surface area contributed by atoms with Crippen LogP contribution in [0.3, 0.4) is 0 Å². The summed E-state index contributed by atoms with van der Waals surface area (Å²) >= 11 is 0. The molecule has 4 rings (SSSR count). The molecule has 3 aromatic rings. The van der Waals surface area contributed by atoms with E-state index in [0.717, 1.165) is 11.1 Å². The van der Waals surface area contributed by atoms with E-state index < -0.39 is 16.1 Å². The highest BCUT2D eigenvalue weighted by atomic mass is 32.2. The summed E-state index contributed by atoms with van der Waals surface area (Å²) in [4.78, 5) is 27.5. The van der Waals surface area contributed by atoms with Crippen LogP contribution in [0, 0.1) is 0 Å². The van der Waals surface area contributed by atoms with Crippen molar-refractivity contribution in [2.24, 2.45) is 5.14 Å². The molecule has 0 saturated carbocycles. The normalized spacial score (nSPS) is 16.0. The molecule has 2 aromatic carbocycles. The second-order valence-electron chi connectivity index (χ2n) is 6.96. The number of sulfonamides is 1. The summed E-state index contributed by atoms with van der Waals surface area (Å²) in [7, 11) is -3.82. The fourth-order valence-corrected chi connectivity index (χ4v) is 3.98. The first-order valence-corrected chi connectivity index (χ1v) is 10.7. The van der Waals surface area contributed by atoms with Gasteiger partial charge in [-0.05, 0) is 47.5 Å². The number of hydrogen-bond acceptors (Lipinski definition) is 5. The lowest BCUT2D eigenvalue weighted by molar-refractivity contribution is -0.121. The zero-order valence-electron chi connectivity index (χ0n) is 15.8. The Labute approximate surface area is 173 Å². The number of rotatable bonds is 4. The smallest absolute Gasteiger partial charge is 0.290 e. The van der Waals surface area contributed by atoms with E-state index in [9.17, 15) is 18.0 Å². The van der Waals surface area contributed by atoms with Crippen molar-refractivity contribution in [3.8, 4) is 0 Å². The zero-order chi connectivity index (χ0) is 21.3. The van der Waals surface area contributed by atoms with E-state index in [4.69, 9.17) is 9.56 Å². The summed E-state index contributed by atoms with van der Waals surface area (Å²) in [6.07, 6.45) is 1.76. The lowest BCUT2D eigenvalue weighted by Gasteiger charge is -2.35. The van der Waals surface area contributed by atoms with Crippen molar-refractivity contribution >= 4 is 27.5 Å². The minimum absolute atomic E-state index is 0.0540. The van der Waals surface area contributed by atoms with Gasteiger partial charge in [0.25, 0.3) is 5.91 Å². The van der Waals surface area contributed by atoms with Crippen molar-refractivity contribution in [2.75, 3.05) is 5.32 Å². The third kappa shape index (κ3) is 3.98. The fraction of sp³-hybridized carbons (Fsp3) is 0.143. The average molecular weight is 425 g/mol. The number of carbonyl (C=O) groups is 2. The minimum Gasteiger partial charge on any atom is -0.459 e. The van der Waals surface area contributed by atoms with Crippen LogP contribution in [0.5, 0.6) is 0 Å². The first-order valence-electron chi connectivity index (χ1n) is 9.18. The number of nitrogens with one attached hydrogen (secondary N) is 1. The molecular weight excluding hydrogens is 406 g/mol. The molecule has 8 nitrogen and oxygen atoms in total. The maximum atomic E-state index is 13.1. The number of amides is 2. The number of furan rings is 1. The molecule has 0 radical (unpaired) electrons. The Balaban J connectivity index is 1.60. The lowest BCUT2D eigenvalue weighted by Crippen LogP contribution is -2.50. The van der Waals surface area contributed by atoms with Gasteiger partial charge in [0.15, 0.2) is 5.76 Å². The predicted octanol–water partition coefficient (Wildman–Crippen LogP) is 2.13. The fourth-order valence-electron chi connectivity index (χ4n) is 3.47. The van der Waals surface area contributed by atoms with Crippen molar-refractivity contribution in [2.45, 2.75) is 23.9 Å². The van der Waals surface area contributed by atoms with E-state index >= 15 is 0 Å². The van der Waals surface area contributed by atoms with E-state index in [-0.39, 0.29) is 29.0 Å². The molecule has 0 bridgehead atoms. The van der Waals surface area contributed by atoms with Gasteiger partial charge >= 0.3 is 0 Å². The van der Waals surface area contributed by atoms with Crippen LogP contribution >= 0.6 is 0 Å². The molecule has 30 heavy (non-hydrogen) atoms. The van der Waals surface area contributed by atoms with Gasteiger partial charge in [0.05, 0.1) is 11.2 Å². The molecule has 9 heteroatoms. The monoisotopic (exact) mass is 425 g/mol. The molecule has 1 aromatic heterocycles. The largest absolute Gasteiger partial charge is 0.459 e. The highest BCUT2D eigenvalue weighted by Gasteiger charge is 2.36. The first-order chi connectivity index (χ1) is 14.3. The molecular formula is C21H19N3O5S. The topological polar surface area (TPSA) is 123 Å². The Bertz CT molecular complexity index is 1190. The summed E-state index contributed by atoms with van der Waals surface area (Å²) in [6.45, 7) is 0.276. The molecule has 3 N–H and O–H groups in total. The van der Waals surface area contributed by atoms with Crippen LogP contribution in [0.25, 0.3) is 0 Å². The molecule has 2 amide bonds. The standard InChI is InChI=1S/C21H19N3O5S/c22-30(27,28)17-9-7-16(8-10-17)23-20(25)18-12-14-4-1-2-5-15(14)13-24(18)21(26)19-6-3-11-29-19/h1-11,18H,12-13H2,(H,23,25)(H2,22,27,28)/t18-/m1/s1. The van der Waals surface area contributed by atoms with Gasteiger partial charge in [0.1, 0.15) is 6.04 Å². The number of benzene rings is 2. The van der Waals surface area contributed by atoms with E-state index in [1.54, 1.807) is 12.1 Å². The van der Waals surface area contributed by atoms with E-state index in [1.165, 1.54) is 35.4 Å². The molecule has 0 unspecified atom stereocenters. The number of nitrogens with zero attached hydrogens (tertiary/aromatic N) is 1. The Morgan fingerprint density at radius 1 is 1.00 bits per heavy atom. The second kappa shape index (κ2) is 7.77. The van der Waals surface area contributed by atoms with Crippen molar-refractivity contribution in [3.05, 3.63) is 83.8 Å². The molecule has 1 aliphatic rings. The Kier molecular flexibility index (Phi) is 5.15. The molecule has 0 aliphatic carbocycles. The van der Waals surface area contributed by atoms with Gasteiger partial charge in [-0.25, -0.2) is 13.6 Å². The number of nitrogens with two attached hydrogens (primary N) is 1. The van der Waals surface area contributed by atoms with Gasteiger partial charge < -0.3 is 14.6 Å². The number of carbonyl (C=O) groups excluding carboxylic acids is 2. The van der Waals surface area contributed by atoms with Crippen molar-refractivity contribution in [3.63, 3.8) is 0 Å². The zero-order valence-corrected chi connectivity index (χ0v) is 16.6. The summed E-state index contributed by atoms with van der Waals surface area (Å²) in [5.74, 6) is -0.600. The van der Waals surface area contributed by atoms with Crippen LogP contribution in [0.1, 0.15) is 21.7 Å². The minimum atomic E-state index is -3.82.